The van der Waals surface area contributed by atoms with Crippen LogP contribution in [0.4, 0.5) is 5.82 Å². The van der Waals surface area contributed by atoms with Crippen LogP contribution in [0.1, 0.15) is 12.1 Å². The van der Waals surface area contributed by atoms with Crippen molar-refractivity contribution in [2.45, 2.75) is 25.4 Å². The summed E-state index contributed by atoms with van der Waals surface area (Å²) in [6.07, 6.45) is 1.30. The number of morpholine rings is 1. The van der Waals surface area contributed by atoms with Crippen LogP contribution in [-0.4, -0.2) is 77.7 Å². The molecule has 0 saturated carbocycles. The molecule has 24 heavy (non-hydrogen) atoms. The molecule has 2 saturated heterocycles. The maximum absolute atomic E-state index is 5.55. The van der Waals surface area contributed by atoms with E-state index in [9.17, 15) is 0 Å². The van der Waals surface area contributed by atoms with Gasteiger partial charge in [-0.3, -0.25) is 4.90 Å². The third-order valence-electron chi connectivity index (χ3n) is 5.56. The molecule has 1 aromatic heterocycles. The number of aromatic nitrogens is 2. The smallest absolute Gasteiger partial charge is 0.124 e. The number of nitrogens with zero attached hydrogens (tertiary/aromatic N) is 3. The number of aryl methyl sites for hydroxylation is 1. The van der Waals surface area contributed by atoms with Gasteiger partial charge in [0.25, 0.3) is 0 Å². The number of nitrogens with one attached hydrogen (secondary N) is 2. The van der Waals surface area contributed by atoms with Crippen LogP contribution in [-0.2, 0) is 11.3 Å². The minimum Gasteiger partial charge on any atom is -0.379 e. The van der Waals surface area contributed by atoms with Crippen molar-refractivity contribution in [1.29, 1.82) is 0 Å². The predicted octanol–water partition coefficient (Wildman–Crippen LogP) is 1.03. The van der Waals surface area contributed by atoms with Crippen molar-refractivity contribution in [2.24, 2.45) is 5.92 Å². The Bertz CT molecular complexity index is 551. The highest BCUT2D eigenvalue weighted by molar-refractivity contribution is 7.99. The SMILES string of the molecule is Cc1cc2n(n1)C[C@H](CNC[C@]1(N3CCOCC3)CCSC1)CN2. The summed E-state index contributed by atoms with van der Waals surface area (Å²) < 4.78 is 7.67. The number of hydrogen-bond donors (Lipinski definition) is 2. The lowest BCUT2D eigenvalue weighted by atomic mass is 9.95. The lowest BCUT2D eigenvalue weighted by Crippen LogP contribution is -2.59. The molecule has 4 rings (SSSR count). The first-order valence-electron chi connectivity index (χ1n) is 9.15. The maximum atomic E-state index is 5.55. The molecule has 0 amide bonds. The van der Waals surface area contributed by atoms with E-state index in [1.807, 2.05) is 0 Å². The molecule has 0 bridgehead atoms. The number of anilines is 1. The van der Waals surface area contributed by atoms with E-state index in [0.717, 1.165) is 58.2 Å². The fourth-order valence-corrected chi connectivity index (χ4v) is 5.64. The molecule has 0 spiro atoms. The van der Waals surface area contributed by atoms with E-state index in [4.69, 9.17) is 4.74 Å². The molecular weight excluding hydrogens is 322 g/mol. The molecule has 2 fully saturated rings. The van der Waals surface area contributed by atoms with Crippen LogP contribution in [0.15, 0.2) is 6.07 Å². The van der Waals surface area contributed by atoms with Gasteiger partial charge in [0.1, 0.15) is 5.82 Å². The summed E-state index contributed by atoms with van der Waals surface area (Å²) in [6, 6.07) is 2.13. The Morgan fingerprint density at radius 2 is 2.33 bits per heavy atom. The van der Waals surface area contributed by atoms with Gasteiger partial charge in [-0.1, -0.05) is 0 Å². The normalized spacial score (nSPS) is 31.0. The molecule has 0 aliphatic carbocycles. The van der Waals surface area contributed by atoms with E-state index in [-0.39, 0.29) is 0 Å². The Hall–Kier alpha value is -0.760. The van der Waals surface area contributed by atoms with E-state index in [1.165, 1.54) is 23.7 Å². The van der Waals surface area contributed by atoms with Crippen molar-refractivity contribution in [3.8, 4) is 0 Å². The molecule has 0 radical (unpaired) electrons. The number of fused-ring (bicyclic) bond motifs is 1. The summed E-state index contributed by atoms with van der Waals surface area (Å²) in [4.78, 5) is 2.68. The van der Waals surface area contributed by atoms with Gasteiger partial charge in [0.05, 0.1) is 18.9 Å². The third-order valence-corrected chi connectivity index (χ3v) is 6.79. The van der Waals surface area contributed by atoms with Gasteiger partial charge in [0.15, 0.2) is 0 Å². The van der Waals surface area contributed by atoms with Crippen molar-refractivity contribution in [1.82, 2.24) is 20.0 Å². The van der Waals surface area contributed by atoms with Crippen molar-refractivity contribution < 1.29 is 4.74 Å². The highest BCUT2D eigenvalue weighted by Gasteiger charge is 2.40. The fourth-order valence-electron chi connectivity index (χ4n) is 4.17. The van der Waals surface area contributed by atoms with Gasteiger partial charge in [0, 0.05) is 62.5 Å². The number of rotatable bonds is 5. The van der Waals surface area contributed by atoms with Crippen molar-refractivity contribution in [3.05, 3.63) is 11.8 Å². The van der Waals surface area contributed by atoms with Crippen LogP contribution < -0.4 is 10.6 Å². The summed E-state index contributed by atoms with van der Waals surface area (Å²) in [7, 11) is 0. The molecule has 2 N–H and O–H groups in total. The Morgan fingerprint density at radius 3 is 3.12 bits per heavy atom. The first-order chi connectivity index (χ1) is 11.8. The van der Waals surface area contributed by atoms with Crippen LogP contribution in [0, 0.1) is 12.8 Å². The quantitative estimate of drug-likeness (QED) is 0.826. The summed E-state index contributed by atoms with van der Waals surface area (Å²) in [5.41, 5.74) is 1.43. The van der Waals surface area contributed by atoms with Crippen molar-refractivity contribution in [3.63, 3.8) is 0 Å². The summed E-state index contributed by atoms with van der Waals surface area (Å²) in [6.45, 7) is 10.2. The average molecular weight is 352 g/mol. The lowest BCUT2D eigenvalue weighted by molar-refractivity contribution is -0.0135. The number of thioether (sulfide) groups is 1. The second kappa shape index (κ2) is 7.23. The average Bonchev–Trinajstić information content (AvgIpc) is 3.22. The monoisotopic (exact) mass is 351 g/mol. The first-order valence-corrected chi connectivity index (χ1v) is 10.3. The van der Waals surface area contributed by atoms with E-state index in [1.54, 1.807) is 0 Å². The van der Waals surface area contributed by atoms with Gasteiger partial charge in [-0.15, -0.1) is 0 Å². The standard InChI is InChI=1S/C17H29N5OS/c1-14-8-16-19-10-15(11-22(16)20-14)9-18-12-17(2-7-24-13-17)21-3-5-23-6-4-21/h8,15,18-19H,2-7,9-13H2,1H3/t15-,17-/m1/s1. The van der Waals surface area contributed by atoms with Crippen LogP contribution in [0.2, 0.25) is 0 Å². The van der Waals surface area contributed by atoms with Gasteiger partial charge >= 0.3 is 0 Å². The third kappa shape index (κ3) is 3.45. The second-order valence-corrected chi connectivity index (χ2v) is 8.46. The zero-order valence-corrected chi connectivity index (χ0v) is 15.4. The van der Waals surface area contributed by atoms with Crippen molar-refractivity contribution >= 4 is 17.6 Å². The van der Waals surface area contributed by atoms with Gasteiger partial charge in [-0.2, -0.15) is 16.9 Å². The Labute approximate surface area is 148 Å². The van der Waals surface area contributed by atoms with Crippen LogP contribution >= 0.6 is 11.8 Å². The first kappa shape index (κ1) is 16.7. The van der Waals surface area contributed by atoms with Gasteiger partial charge < -0.3 is 15.4 Å². The molecule has 6 nitrogen and oxygen atoms in total. The summed E-state index contributed by atoms with van der Waals surface area (Å²) >= 11 is 2.11. The highest BCUT2D eigenvalue weighted by Crippen LogP contribution is 2.33. The van der Waals surface area contributed by atoms with E-state index in [0.29, 0.717) is 11.5 Å². The zero-order chi connectivity index (χ0) is 16.4. The molecule has 0 aromatic carbocycles. The van der Waals surface area contributed by atoms with E-state index in [2.05, 4.69) is 50.1 Å². The van der Waals surface area contributed by atoms with Gasteiger partial charge in [0.2, 0.25) is 0 Å². The Balaban J connectivity index is 1.31. The molecule has 4 heterocycles. The topological polar surface area (TPSA) is 54.4 Å². The molecule has 134 valence electrons. The van der Waals surface area contributed by atoms with Crippen LogP contribution in [0.25, 0.3) is 0 Å². The molecule has 7 heteroatoms. The zero-order valence-electron chi connectivity index (χ0n) is 14.6. The fraction of sp³-hybridized carbons (Fsp3) is 0.824. The summed E-state index contributed by atoms with van der Waals surface area (Å²) in [5.74, 6) is 4.32. The minimum absolute atomic E-state index is 0.337. The molecule has 2 atom stereocenters. The Morgan fingerprint density at radius 1 is 1.46 bits per heavy atom. The van der Waals surface area contributed by atoms with Gasteiger partial charge in [-0.05, 0) is 19.1 Å². The molecule has 1 aromatic rings. The predicted molar refractivity (Wildman–Crippen MR) is 98.9 cm³/mol. The molecule has 3 aliphatic rings. The highest BCUT2D eigenvalue weighted by atomic mass is 32.2. The Kier molecular flexibility index (Phi) is 5.03. The largest absolute Gasteiger partial charge is 0.379 e. The van der Waals surface area contributed by atoms with E-state index < -0.39 is 0 Å². The van der Waals surface area contributed by atoms with Crippen molar-refractivity contribution in [2.75, 3.05) is 62.8 Å². The molecule has 0 unspecified atom stereocenters. The minimum atomic E-state index is 0.337. The number of hydrogen-bond acceptors (Lipinski definition) is 6. The second-order valence-electron chi connectivity index (χ2n) is 7.36. The summed E-state index contributed by atoms with van der Waals surface area (Å²) in [5, 5.41) is 11.9. The molecule has 3 aliphatic heterocycles. The van der Waals surface area contributed by atoms with Crippen LogP contribution in [0.3, 0.4) is 0 Å². The lowest BCUT2D eigenvalue weighted by Gasteiger charge is -2.43. The van der Waals surface area contributed by atoms with Crippen LogP contribution in [0.5, 0.6) is 0 Å². The van der Waals surface area contributed by atoms with Gasteiger partial charge in [-0.25, -0.2) is 4.68 Å². The molecular formula is C17H29N5OS. The van der Waals surface area contributed by atoms with E-state index >= 15 is 0 Å². The maximum Gasteiger partial charge on any atom is 0.124 e. The number of ether oxygens (including phenoxy) is 1.